The predicted molar refractivity (Wildman–Crippen MR) is 77.4 cm³/mol. The molecule has 1 atom stereocenters. The second-order valence-corrected chi connectivity index (χ2v) is 7.80. The van der Waals surface area contributed by atoms with Crippen molar-refractivity contribution in [3.63, 3.8) is 0 Å². The molecule has 0 aromatic rings. The molecule has 2 rings (SSSR count). The van der Waals surface area contributed by atoms with Gasteiger partial charge in [-0.15, -0.1) is 0 Å². The lowest BCUT2D eigenvalue weighted by Crippen LogP contribution is -2.35. The number of piperidine rings is 1. The molecule has 1 unspecified atom stereocenters. The quantitative estimate of drug-likeness (QED) is 0.562. The second kappa shape index (κ2) is 7.57. The highest BCUT2D eigenvalue weighted by Gasteiger charge is 2.18. The zero-order chi connectivity index (χ0) is 11.9. The summed E-state index contributed by atoms with van der Waals surface area (Å²) < 4.78 is 0. The summed E-state index contributed by atoms with van der Waals surface area (Å²) in [5.41, 5.74) is 0. The van der Waals surface area contributed by atoms with Crippen molar-refractivity contribution in [1.82, 2.24) is 4.90 Å². The van der Waals surface area contributed by atoms with Gasteiger partial charge in [-0.25, -0.2) is 0 Å². The van der Waals surface area contributed by atoms with Gasteiger partial charge in [0.2, 0.25) is 5.91 Å². The molecular weight excluding hydrogens is 250 g/mol. The molecule has 2 fully saturated rings. The lowest BCUT2D eigenvalue weighted by Gasteiger charge is -2.26. The Hall–Kier alpha value is 0.170. The summed E-state index contributed by atoms with van der Waals surface area (Å²) in [5.74, 6) is 1.72. The van der Waals surface area contributed by atoms with Gasteiger partial charge in [0.25, 0.3) is 0 Å². The fourth-order valence-corrected chi connectivity index (χ4v) is 5.54. The van der Waals surface area contributed by atoms with Crippen molar-refractivity contribution in [2.45, 2.75) is 56.6 Å². The SMILES string of the molecule is O=C(CCCCC1CCSS1)N1CCCCC1. The van der Waals surface area contributed by atoms with E-state index in [2.05, 4.69) is 15.7 Å². The molecule has 98 valence electrons. The first-order valence-corrected chi connectivity index (χ1v) is 9.30. The fourth-order valence-electron chi connectivity index (χ4n) is 2.51. The standard InChI is InChI=1S/C13H23NOS2/c15-13(14-9-4-1-5-10-14)7-3-2-6-12-8-11-16-17-12/h12H,1-11H2. The highest BCUT2D eigenvalue weighted by molar-refractivity contribution is 8.77. The van der Waals surface area contributed by atoms with Crippen molar-refractivity contribution in [1.29, 1.82) is 0 Å². The third-order valence-corrected chi connectivity index (χ3v) is 6.61. The van der Waals surface area contributed by atoms with E-state index >= 15 is 0 Å². The molecular formula is C13H23NOS2. The summed E-state index contributed by atoms with van der Waals surface area (Å²) in [6, 6.07) is 0. The number of amides is 1. The highest BCUT2D eigenvalue weighted by Crippen LogP contribution is 2.39. The van der Waals surface area contributed by atoms with E-state index in [1.807, 2.05) is 10.8 Å². The van der Waals surface area contributed by atoms with E-state index in [0.29, 0.717) is 5.91 Å². The monoisotopic (exact) mass is 273 g/mol. The minimum atomic E-state index is 0.401. The van der Waals surface area contributed by atoms with Crippen molar-refractivity contribution < 1.29 is 4.79 Å². The van der Waals surface area contributed by atoms with Crippen LogP contribution in [0.15, 0.2) is 0 Å². The van der Waals surface area contributed by atoms with Crippen molar-refractivity contribution in [3.8, 4) is 0 Å². The van der Waals surface area contributed by atoms with E-state index in [0.717, 1.165) is 31.2 Å². The first-order chi connectivity index (χ1) is 8.36. The molecule has 2 heterocycles. The molecule has 2 saturated heterocycles. The second-order valence-electron chi connectivity index (χ2n) is 5.02. The van der Waals surface area contributed by atoms with E-state index in [1.54, 1.807) is 0 Å². The molecule has 2 nitrogen and oxygen atoms in total. The van der Waals surface area contributed by atoms with Crippen LogP contribution in [0.5, 0.6) is 0 Å². The maximum atomic E-state index is 11.9. The number of carbonyl (C=O) groups is 1. The Labute approximate surface area is 113 Å². The van der Waals surface area contributed by atoms with Crippen LogP contribution in [0.3, 0.4) is 0 Å². The Bertz CT molecular complexity index is 236. The first-order valence-electron chi connectivity index (χ1n) is 6.92. The number of hydrogen-bond acceptors (Lipinski definition) is 3. The average molecular weight is 273 g/mol. The molecule has 17 heavy (non-hydrogen) atoms. The molecule has 0 aromatic heterocycles. The van der Waals surface area contributed by atoms with Crippen LogP contribution in [0.25, 0.3) is 0 Å². The normalized spacial score (nSPS) is 25.2. The predicted octanol–water partition coefficient (Wildman–Crippen LogP) is 3.71. The third kappa shape index (κ3) is 4.74. The number of rotatable bonds is 5. The van der Waals surface area contributed by atoms with Gasteiger partial charge in [0.1, 0.15) is 0 Å². The number of hydrogen-bond donors (Lipinski definition) is 0. The number of likely N-dealkylation sites (tertiary alicyclic amines) is 1. The minimum absolute atomic E-state index is 0.401. The van der Waals surface area contributed by atoms with Gasteiger partial charge < -0.3 is 4.90 Å². The van der Waals surface area contributed by atoms with Crippen molar-refractivity contribution >= 4 is 27.5 Å². The molecule has 2 aliphatic heterocycles. The van der Waals surface area contributed by atoms with Crippen LogP contribution in [0.4, 0.5) is 0 Å². The molecule has 2 aliphatic rings. The number of unbranched alkanes of at least 4 members (excludes halogenated alkanes) is 1. The van der Waals surface area contributed by atoms with Gasteiger partial charge in [0.05, 0.1) is 0 Å². The van der Waals surface area contributed by atoms with Gasteiger partial charge in [0.15, 0.2) is 0 Å². The molecule has 0 aromatic carbocycles. The summed E-state index contributed by atoms with van der Waals surface area (Å²) >= 11 is 0. The molecule has 0 N–H and O–H groups in total. The highest BCUT2D eigenvalue weighted by atomic mass is 33.1. The largest absolute Gasteiger partial charge is 0.343 e. The van der Waals surface area contributed by atoms with Crippen molar-refractivity contribution in [3.05, 3.63) is 0 Å². The zero-order valence-electron chi connectivity index (χ0n) is 10.5. The van der Waals surface area contributed by atoms with Crippen LogP contribution in [0.2, 0.25) is 0 Å². The summed E-state index contributed by atoms with van der Waals surface area (Å²) in [6.07, 6.45) is 9.52. The van der Waals surface area contributed by atoms with E-state index < -0.39 is 0 Å². The molecule has 0 radical (unpaired) electrons. The third-order valence-electron chi connectivity index (χ3n) is 3.60. The Morgan fingerprint density at radius 2 is 2.00 bits per heavy atom. The van der Waals surface area contributed by atoms with Crippen LogP contribution >= 0.6 is 21.6 Å². The maximum Gasteiger partial charge on any atom is 0.222 e. The summed E-state index contributed by atoms with van der Waals surface area (Å²) in [5, 5.41) is 0.866. The summed E-state index contributed by atoms with van der Waals surface area (Å²) in [6.45, 7) is 2.02. The average Bonchev–Trinajstić information content (AvgIpc) is 2.88. The van der Waals surface area contributed by atoms with Crippen LogP contribution in [-0.4, -0.2) is 34.9 Å². The van der Waals surface area contributed by atoms with Gasteiger partial charge in [-0.3, -0.25) is 4.79 Å². The molecule has 4 heteroatoms. The van der Waals surface area contributed by atoms with Crippen molar-refractivity contribution in [2.24, 2.45) is 0 Å². The van der Waals surface area contributed by atoms with Gasteiger partial charge in [-0.05, 0) is 38.5 Å². The van der Waals surface area contributed by atoms with Crippen LogP contribution in [0.1, 0.15) is 51.4 Å². The zero-order valence-corrected chi connectivity index (χ0v) is 12.2. The fraction of sp³-hybridized carbons (Fsp3) is 0.923. The smallest absolute Gasteiger partial charge is 0.222 e. The van der Waals surface area contributed by atoms with Crippen LogP contribution in [0, 0.1) is 0 Å². The van der Waals surface area contributed by atoms with Gasteiger partial charge in [0, 0.05) is 30.5 Å². The van der Waals surface area contributed by atoms with Gasteiger partial charge in [-0.2, -0.15) is 0 Å². The summed E-state index contributed by atoms with van der Waals surface area (Å²) in [7, 11) is 4.06. The van der Waals surface area contributed by atoms with E-state index in [-0.39, 0.29) is 0 Å². The van der Waals surface area contributed by atoms with Gasteiger partial charge >= 0.3 is 0 Å². The number of carbonyl (C=O) groups excluding carboxylic acids is 1. The number of nitrogens with zero attached hydrogens (tertiary/aromatic N) is 1. The Morgan fingerprint density at radius 3 is 2.71 bits per heavy atom. The maximum absolute atomic E-state index is 11.9. The Balaban J connectivity index is 1.53. The lowest BCUT2D eigenvalue weighted by atomic mass is 10.1. The molecule has 0 aliphatic carbocycles. The lowest BCUT2D eigenvalue weighted by molar-refractivity contribution is -0.132. The Kier molecular flexibility index (Phi) is 6.06. The molecule has 1 amide bonds. The summed E-state index contributed by atoms with van der Waals surface area (Å²) in [4.78, 5) is 14.0. The van der Waals surface area contributed by atoms with Crippen LogP contribution < -0.4 is 0 Å². The molecule has 0 spiro atoms. The van der Waals surface area contributed by atoms with E-state index in [1.165, 1.54) is 44.3 Å². The van der Waals surface area contributed by atoms with E-state index in [9.17, 15) is 4.79 Å². The molecule has 0 bridgehead atoms. The van der Waals surface area contributed by atoms with Crippen molar-refractivity contribution in [2.75, 3.05) is 18.8 Å². The minimum Gasteiger partial charge on any atom is -0.343 e. The molecule has 0 saturated carbocycles. The van der Waals surface area contributed by atoms with E-state index in [4.69, 9.17) is 0 Å². The first kappa shape index (κ1) is 13.6. The Morgan fingerprint density at radius 1 is 1.18 bits per heavy atom. The van der Waals surface area contributed by atoms with Crippen LogP contribution in [-0.2, 0) is 4.79 Å². The topological polar surface area (TPSA) is 20.3 Å². The van der Waals surface area contributed by atoms with Gasteiger partial charge in [-0.1, -0.05) is 28.0 Å².